The maximum atomic E-state index is 10.9. The molecular weight excluding hydrogens is 220 g/mol. The molecule has 0 atom stereocenters. The molecule has 1 aromatic heterocycles. The van der Waals surface area contributed by atoms with Crippen LogP contribution in [0.2, 0.25) is 0 Å². The van der Waals surface area contributed by atoms with Gasteiger partial charge in [-0.25, -0.2) is 0 Å². The van der Waals surface area contributed by atoms with Gasteiger partial charge in [0, 0.05) is 12.3 Å². The first-order chi connectivity index (χ1) is 8.24. The molecule has 6 heteroatoms. The average molecular weight is 233 g/mol. The Hall–Kier alpha value is -2.21. The summed E-state index contributed by atoms with van der Waals surface area (Å²) in [5, 5.41) is 14.6. The number of hydrogen-bond donors (Lipinski definition) is 2. The van der Waals surface area contributed by atoms with Gasteiger partial charge in [0.15, 0.2) is 0 Å². The summed E-state index contributed by atoms with van der Waals surface area (Å²) in [4.78, 5) is 14.7. The van der Waals surface area contributed by atoms with Crippen LogP contribution in [0.25, 0.3) is 10.9 Å². The van der Waals surface area contributed by atoms with E-state index in [1.165, 1.54) is 6.07 Å². The molecule has 17 heavy (non-hydrogen) atoms. The van der Waals surface area contributed by atoms with E-state index in [0.29, 0.717) is 17.4 Å². The smallest absolute Gasteiger partial charge is 0.278 e. The zero-order valence-electron chi connectivity index (χ0n) is 9.22. The first kappa shape index (κ1) is 11.3. The van der Waals surface area contributed by atoms with E-state index in [0.717, 1.165) is 12.2 Å². The van der Waals surface area contributed by atoms with Crippen LogP contribution in [-0.2, 0) is 0 Å². The first-order valence-electron chi connectivity index (χ1n) is 5.29. The lowest BCUT2D eigenvalue weighted by Gasteiger charge is -2.07. The Morgan fingerprint density at radius 3 is 2.94 bits per heavy atom. The zero-order chi connectivity index (χ0) is 12.3. The normalized spacial score (nSPS) is 10.4. The zero-order valence-corrected chi connectivity index (χ0v) is 9.22. The third kappa shape index (κ3) is 2.16. The maximum Gasteiger partial charge on any atom is 0.278 e. The maximum absolute atomic E-state index is 10.9. The van der Waals surface area contributed by atoms with Gasteiger partial charge in [0.25, 0.3) is 5.69 Å². The number of anilines is 1. The summed E-state index contributed by atoms with van der Waals surface area (Å²) in [6.45, 7) is 1.45. The molecule has 1 heterocycles. The Balaban J connectivity index is 2.58. The van der Waals surface area contributed by atoms with Gasteiger partial charge < -0.3 is 11.1 Å². The number of nitrogens with one attached hydrogen (secondary N) is 1. The van der Waals surface area contributed by atoms with Crippen LogP contribution in [-0.4, -0.2) is 23.0 Å². The van der Waals surface area contributed by atoms with Gasteiger partial charge in [-0.15, -0.1) is 0 Å². The second-order valence-electron chi connectivity index (χ2n) is 3.57. The number of nitrogens with zero attached hydrogens (tertiary/aromatic N) is 2. The average Bonchev–Trinajstić information content (AvgIpc) is 2.35. The lowest BCUT2D eigenvalue weighted by Crippen LogP contribution is -2.53. The van der Waals surface area contributed by atoms with Crippen LogP contribution in [0.3, 0.4) is 0 Å². The van der Waals surface area contributed by atoms with Crippen molar-refractivity contribution in [1.29, 1.82) is 0 Å². The van der Waals surface area contributed by atoms with Crippen molar-refractivity contribution in [1.82, 2.24) is 4.98 Å². The molecule has 0 spiro atoms. The summed E-state index contributed by atoms with van der Waals surface area (Å²) in [5.41, 5.74) is 5.23. The van der Waals surface area contributed by atoms with Gasteiger partial charge in [-0.2, -0.15) is 0 Å². The molecule has 0 aliphatic carbocycles. The molecule has 0 unspecified atom stereocenters. The van der Waals surface area contributed by atoms with E-state index in [-0.39, 0.29) is 5.69 Å². The van der Waals surface area contributed by atoms with E-state index < -0.39 is 4.92 Å². The third-order valence-electron chi connectivity index (χ3n) is 2.44. The molecule has 0 bridgehead atoms. The first-order valence-corrected chi connectivity index (χ1v) is 5.29. The van der Waals surface area contributed by atoms with Crippen molar-refractivity contribution in [3.8, 4) is 0 Å². The number of pyridine rings is 1. The number of fused-ring (bicyclic) bond motifs is 1. The van der Waals surface area contributed by atoms with E-state index in [1.54, 1.807) is 24.4 Å². The monoisotopic (exact) mass is 233 g/mol. The molecule has 0 amide bonds. The molecule has 6 nitrogen and oxygen atoms in total. The molecular formula is C11H13N4O2+. The number of hydrogen-bond acceptors (Lipinski definition) is 4. The largest absolute Gasteiger partial charge is 0.378 e. The van der Waals surface area contributed by atoms with Gasteiger partial charge in [-0.1, -0.05) is 0 Å². The van der Waals surface area contributed by atoms with Crippen molar-refractivity contribution in [3.63, 3.8) is 0 Å². The van der Waals surface area contributed by atoms with Crippen LogP contribution in [0.4, 0.5) is 11.4 Å². The standard InChI is InChI=1S/C11H12N4O2/c12-5-7-13-9-3-4-10(15(16)17)8-2-1-6-14-11(8)9/h1-4,6,13H,5,7,12H2/p+1. The van der Waals surface area contributed by atoms with Crippen LogP contribution in [0.15, 0.2) is 30.5 Å². The summed E-state index contributed by atoms with van der Waals surface area (Å²) < 4.78 is 0. The summed E-state index contributed by atoms with van der Waals surface area (Å²) >= 11 is 0. The lowest BCUT2D eigenvalue weighted by molar-refractivity contribution is -0.383. The minimum absolute atomic E-state index is 0.0771. The van der Waals surface area contributed by atoms with E-state index in [4.69, 9.17) is 0 Å². The highest BCUT2D eigenvalue weighted by atomic mass is 16.6. The number of nitro benzene ring substituents is 1. The van der Waals surface area contributed by atoms with Crippen molar-refractivity contribution in [2.24, 2.45) is 0 Å². The van der Waals surface area contributed by atoms with E-state index >= 15 is 0 Å². The Morgan fingerprint density at radius 1 is 1.41 bits per heavy atom. The van der Waals surface area contributed by atoms with E-state index in [1.807, 2.05) is 0 Å². The van der Waals surface area contributed by atoms with Gasteiger partial charge in [0.1, 0.15) is 5.52 Å². The summed E-state index contributed by atoms with van der Waals surface area (Å²) in [6.07, 6.45) is 1.63. The van der Waals surface area contributed by atoms with E-state index in [2.05, 4.69) is 16.0 Å². The van der Waals surface area contributed by atoms with Gasteiger partial charge in [0.05, 0.1) is 29.1 Å². The quantitative estimate of drug-likeness (QED) is 0.603. The number of nitro groups is 1. The highest BCUT2D eigenvalue weighted by molar-refractivity contribution is 5.96. The fraction of sp³-hybridized carbons (Fsp3) is 0.182. The Labute approximate surface area is 97.6 Å². The van der Waals surface area contributed by atoms with Crippen molar-refractivity contribution in [3.05, 3.63) is 40.6 Å². The molecule has 0 radical (unpaired) electrons. The highest BCUT2D eigenvalue weighted by Crippen LogP contribution is 2.29. The number of non-ortho nitro benzene ring substituents is 1. The third-order valence-corrected chi connectivity index (χ3v) is 2.44. The molecule has 2 rings (SSSR count). The molecule has 0 saturated heterocycles. The van der Waals surface area contributed by atoms with Crippen LogP contribution in [0, 0.1) is 10.1 Å². The molecule has 0 saturated carbocycles. The minimum atomic E-state index is -0.394. The van der Waals surface area contributed by atoms with Crippen LogP contribution < -0.4 is 11.1 Å². The highest BCUT2D eigenvalue weighted by Gasteiger charge is 2.14. The van der Waals surface area contributed by atoms with Crippen molar-refractivity contribution >= 4 is 22.3 Å². The fourth-order valence-corrected chi connectivity index (χ4v) is 1.68. The number of rotatable bonds is 4. The van der Waals surface area contributed by atoms with E-state index in [9.17, 15) is 10.1 Å². The SMILES string of the molecule is [NH3+]CCNc1ccc([N+](=O)[O-])c2cccnc12. The predicted octanol–water partition coefficient (Wildman–Crippen LogP) is 0.797. The molecule has 2 aromatic rings. The Morgan fingerprint density at radius 2 is 2.24 bits per heavy atom. The number of quaternary nitrogens is 1. The van der Waals surface area contributed by atoms with Crippen molar-refractivity contribution < 1.29 is 10.7 Å². The molecule has 0 fully saturated rings. The van der Waals surface area contributed by atoms with Crippen LogP contribution in [0.5, 0.6) is 0 Å². The second kappa shape index (κ2) is 4.75. The lowest BCUT2D eigenvalue weighted by atomic mass is 10.1. The molecule has 1 aromatic carbocycles. The summed E-state index contributed by atoms with van der Waals surface area (Å²) in [7, 11) is 0. The van der Waals surface area contributed by atoms with Crippen LogP contribution in [0.1, 0.15) is 0 Å². The Kier molecular flexibility index (Phi) is 3.15. The number of benzene rings is 1. The van der Waals surface area contributed by atoms with Crippen LogP contribution >= 0.6 is 0 Å². The van der Waals surface area contributed by atoms with Gasteiger partial charge in [0.2, 0.25) is 0 Å². The summed E-state index contributed by atoms with van der Waals surface area (Å²) in [5.74, 6) is 0. The molecule has 4 N–H and O–H groups in total. The van der Waals surface area contributed by atoms with Crippen molar-refractivity contribution in [2.75, 3.05) is 18.4 Å². The number of aromatic nitrogens is 1. The summed E-state index contributed by atoms with van der Waals surface area (Å²) in [6, 6.07) is 6.58. The Bertz CT molecular complexity index is 556. The van der Waals surface area contributed by atoms with Gasteiger partial charge in [-0.3, -0.25) is 15.1 Å². The molecule has 0 aliphatic heterocycles. The fourth-order valence-electron chi connectivity index (χ4n) is 1.68. The van der Waals surface area contributed by atoms with Gasteiger partial charge in [-0.05, 0) is 18.2 Å². The molecule has 88 valence electrons. The minimum Gasteiger partial charge on any atom is -0.378 e. The predicted molar refractivity (Wildman–Crippen MR) is 64.6 cm³/mol. The van der Waals surface area contributed by atoms with Gasteiger partial charge >= 0.3 is 0 Å². The molecule has 0 aliphatic rings. The second-order valence-corrected chi connectivity index (χ2v) is 3.57. The van der Waals surface area contributed by atoms with Crippen molar-refractivity contribution in [2.45, 2.75) is 0 Å². The topological polar surface area (TPSA) is 95.7 Å².